The standard InChI is InChI=1S/C17H20FN3O/c1-13-10-19-17(20-11-13)21-8-6-16(7-9-21)22-12-14-2-4-15(18)5-3-14/h2-5,10-11,16H,6-9,12H2,1H3. The van der Waals surface area contributed by atoms with Crippen LogP contribution in [-0.4, -0.2) is 29.2 Å². The summed E-state index contributed by atoms with van der Waals surface area (Å²) < 4.78 is 18.8. The van der Waals surface area contributed by atoms with Crippen LogP contribution in [0.15, 0.2) is 36.7 Å². The van der Waals surface area contributed by atoms with Crippen molar-refractivity contribution in [2.45, 2.75) is 32.5 Å². The normalized spacial score (nSPS) is 16.0. The van der Waals surface area contributed by atoms with E-state index in [0.717, 1.165) is 43.0 Å². The zero-order chi connectivity index (χ0) is 15.4. The first-order valence-corrected chi connectivity index (χ1v) is 7.60. The van der Waals surface area contributed by atoms with E-state index < -0.39 is 0 Å². The number of nitrogens with zero attached hydrogens (tertiary/aromatic N) is 3. The van der Waals surface area contributed by atoms with Crippen LogP contribution in [0.3, 0.4) is 0 Å². The van der Waals surface area contributed by atoms with Crippen LogP contribution < -0.4 is 4.90 Å². The fourth-order valence-corrected chi connectivity index (χ4v) is 2.57. The Bertz CT molecular complexity index is 592. The van der Waals surface area contributed by atoms with Crippen molar-refractivity contribution < 1.29 is 9.13 Å². The second-order valence-corrected chi connectivity index (χ2v) is 5.68. The van der Waals surface area contributed by atoms with Crippen LogP contribution in [0.1, 0.15) is 24.0 Å². The molecule has 1 aromatic carbocycles. The monoisotopic (exact) mass is 301 g/mol. The molecule has 0 bridgehead atoms. The Morgan fingerprint density at radius 2 is 1.77 bits per heavy atom. The van der Waals surface area contributed by atoms with Gasteiger partial charge in [0.05, 0.1) is 12.7 Å². The number of ether oxygens (including phenoxy) is 1. The minimum atomic E-state index is -0.213. The molecule has 0 saturated carbocycles. The molecular weight excluding hydrogens is 281 g/mol. The second kappa shape index (κ2) is 6.83. The average molecular weight is 301 g/mol. The molecule has 2 aromatic rings. The lowest BCUT2D eigenvalue weighted by atomic mass is 10.1. The first-order valence-electron chi connectivity index (χ1n) is 7.60. The summed E-state index contributed by atoms with van der Waals surface area (Å²) >= 11 is 0. The third-order valence-corrected chi connectivity index (χ3v) is 3.89. The van der Waals surface area contributed by atoms with E-state index in [2.05, 4.69) is 14.9 Å². The molecule has 1 aromatic heterocycles. The molecule has 0 N–H and O–H groups in total. The topological polar surface area (TPSA) is 38.2 Å². The summed E-state index contributed by atoms with van der Waals surface area (Å²) in [5.41, 5.74) is 2.08. The maximum atomic E-state index is 12.9. The van der Waals surface area contributed by atoms with Gasteiger partial charge < -0.3 is 9.64 Å². The summed E-state index contributed by atoms with van der Waals surface area (Å²) in [5, 5.41) is 0. The highest BCUT2D eigenvalue weighted by atomic mass is 19.1. The van der Waals surface area contributed by atoms with Gasteiger partial charge in [-0.2, -0.15) is 0 Å². The van der Waals surface area contributed by atoms with Gasteiger partial charge in [-0.15, -0.1) is 0 Å². The minimum Gasteiger partial charge on any atom is -0.373 e. The van der Waals surface area contributed by atoms with E-state index in [1.807, 2.05) is 19.3 Å². The van der Waals surface area contributed by atoms with Crippen molar-refractivity contribution in [2.24, 2.45) is 0 Å². The Morgan fingerprint density at radius 3 is 2.41 bits per heavy atom. The lowest BCUT2D eigenvalue weighted by Gasteiger charge is -2.31. The first kappa shape index (κ1) is 14.9. The Morgan fingerprint density at radius 1 is 1.14 bits per heavy atom. The Hall–Kier alpha value is -2.01. The molecule has 3 rings (SSSR count). The zero-order valence-corrected chi connectivity index (χ0v) is 12.7. The fourth-order valence-electron chi connectivity index (χ4n) is 2.57. The number of halogens is 1. The number of benzene rings is 1. The third kappa shape index (κ3) is 3.80. The number of rotatable bonds is 4. The van der Waals surface area contributed by atoms with Gasteiger partial charge in [-0.05, 0) is 43.0 Å². The largest absolute Gasteiger partial charge is 0.373 e. The van der Waals surface area contributed by atoms with E-state index in [-0.39, 0.29) is 11.9 Å². The van der Waals surface area contributed by atoms with Gasteiger partial charge in [-0.1, -0.05) is 12.1 Å². The first-order chi connectivity index (χ1) is 10.7. The van der Waals surface area contributed by atoms with E-state index in [0.29, 0.717) is 6.61 Å². The van der Waals surface area contributed by atoms with Crippen LogP contribution in [0.5, 0.6) is 0 Å². The number of aryl methyl sites for hydroxylation is 1. The summed E-state index contributed by atoms with van der Waals surface area (Å²) in [6, 6.07) is 6.47. The maximum Gasteiger partial charge on any atom is 0.225 e. The van der Waals surface area contributed by atoms with Gasteiger partial charge in [-0.3, -0.25) is 0 Å². The quantitative estimate of drug-likeness (QED) is 0.870. The summed E-state index contributed by atoms with van der Waals surface area (Å²) in [4.78, 5) is 10.9. The third-order valence-electron chi connectivity index (χ3n) is 3.89. The van der Waals surface area contributed by atoms with Crippen molar-refractivity contribution >= 4 is 5.95 Å². The molecule has 5 heteroatoms. The Kier molecular flexibility index (Phi) is 4.63. The van der Waals surface area contributed by atoms with Crippen LogP contribution >= 0.6 is 0 Å². The predicted molar refractivity (Wildman–Crippen MR) is 83.2 cm³/mol. The van der Waals surface area contributed by atoms with Gasteiger partial charge in [0.25, 0.3) is 0 Å². The molecule has 1 saturated heterocycles. The Labute approximate surface area is 130 Å². The van der Waals surface area contributed by atoms with E-state index in [1.54, 1.807) is 12.1 Å². The molecule has 0 atom stereocenters. The molecule has 0 amide bonds. The highest BCUT2D eigenvalue weighted by molar-refractivity contribution is 5.30. The fraction of sp³-hybridized carbons (Fsp3) is 0.412. The molecule has 2 heterocycles. The van der Waals surface area contributed by atoms with Crippen LogP contribution in [-0.2, 0) is 11.3 Å². The molecule has 0 aliphatic carbocycles. The van der Waals surface area contributed by atoms with Crippen molar-refractivity contribution in [3.05, 3.63) is 53.6 Å². The van der Waals surface area contributed by atoms with Crippen LogP contribution in [0.25, 0.3) is 0 Å². The number of aromatic nitrogens is 2. The van der Waals surface area contributed by atoms with E-state index in [9.17, 15) is 4.39 Å². The van der Waals surface area contributed by atoms with Gasteiger partial charge in [0.2, 0.25) is 5.95 Å². The molecular formula is C17H20FN3O. The summed E-state index contributed by atoms with van der Waals surface area (Å²) in [6.45, 7) is 4.32. The van der Waals surface area contributed by atoms with Gasteiger partial charge in [0.1, 0.15) is 5.82 Å². The van der Waals surface area contributed by atoms with Crippen LogP contribution in [0, 0.1) is 12.7 Å². The number of hydrogen-bond acceptors (Lipinski definition) is 4. The molecule has 0 radical (unpaired) electrons. The van der Waals surface area contributed by atoms with Gasteiger partial charge in [0, 0.05) is 25.5 Å². The molecule has 116 valence electrons. The smallest absolute Gasteiger partial charge is 0.225 e. The molecule has 1 aliphatic heterocycles. The lowest BCUT2D eigenvalue weighted by molar-refractivity contribution is 0.0249. The second-order valence-electron chi connectivity index (χ2n) is 5.68. The number of piperidine rings is 1. The zero-order valence-electron chi connectivity index (χ0n) is 12.7. The summed E-state index contributed by atoms with van der Waals surface area (Å²) in [5.74, 6) is 0.581. The summed E-state index contributed by atoms with van der Waals surface area (Å²) in [7, 11) is 0. The highest BCUT2D eigenvalue weighted by Gasteiger charge is 2.21. The van der Waals surface area contributed by atoms with Crippen molar-refractivity contribution in [3.8, 4) is 0 Å². The molecule has 0 unspecified atom stereocenters. The number of hydrogen-bond donors (Lipinski definition) is 0. The molecule has 4 nitrogen and oxygen atoms in total. The van der Waals surface area contributed by atoms with Crippen LogP contribution in [0.4, 0.5) is 10.3 Å². The van der Waals surface area contributed by atoms with Crippen molar-refractivity contribution in [2.75, 3.05) is 18.0 Å². The van der Waals surface area contributed by atoms with E-state index in [4.69, 9.17) is 4.74 Å². The molecule has 1 fully saturated rings. The summed E-state index contributed by atoms with van der Waals surface area (Å²) in [6.07, 6.45) is 5.85. The van der Waals surface area contributed by atoms with E-state index >= 15 is 0 Å². The van der Waals surface area contributed by atoms with Gasteiger partial charge >= 0.3 is 0 Å². The van der Waals surface area contributed by atoms with Crippen molar-refractivity contribution in [1.29, 1.82) is 0 Å². The van der Waals surface area contributed by atoms with E-state index in [1.165, 1.54) is 12.1 Å². The molecule has 1 aliphatic rings. The van der Waals surface area contributed by atoms with Crippen molar-refractivity contribution in [1.82, 2.24) is 9.97 Å². The lowest BCUT2D eigenvalue weighted by Crippen LogP contribution is -2.37. The molecule has 0 spiro atoms. The van der Waals surface area contributed by atoms with Crippen LogP contribution in [0.2, 0.25) is 0 Å². The average Bonchev–Trinajstić information content (AvgIpc) is 2.56. The SMILES string of the molecule is Cc1cnc(N2CCC(OCc3ccc(F)cc3)CC2)nc1. The maximum absolute atomic E-state index is 12.9. The predicted octanol–water partition coefficient (Wildman–Crippen LogP) is 3.11. The minimum absolute atomic E-state index is 0.213. The molecule has 22 heavy (non-hydrogen) atoms. The highest BCUT2D eigenvalue weighted by Crippen LogP contribution is 2.19. The van der Waals surface area contributed by atoms with Gasteiger partial charge in [-0.25, -0.2) is 14.4 Å². The van der Waals surface area contributed by atoms with Crippen molar-refractivity contribution in [3.63, 3.8) is 0 Å². The Balaban J connectivity index is 1.47. The van der Waals surface area contributed by atoms with Gasteiger partial charge in [0.15, 0.2) is 0 Å². The number of anilines is 1.